The molecular weight excluding hydrogens is 224 g/mol. The molecule has 0 radical (unpaired) electrons. The summed E-state index contributed by atoms with van der Waals surface area (Å²) < 4.78 is 0. The highest BCUT2D eigenvalue weighted by Gasteiger charge is 2.14. The topological polar surface area (TPSA) is 26.7 Å². The first kappa shape index (κ1) is 13.1. The highest BCUT2D eigenvalue weighted by atomic mass is 16.3. The number of benzene rings is 1. The Morgan fingerprint density at radius 2 is 1.67 bits per heavy atom. The minimum atomic E-state index is 0.258. The zero-order chi connectivity index (χ0) is 12.6. The minimum absolute atomic E-state index is 0.258. The fourth-order valence-electron chi connectivity index (χ4n) is 2.09. The lowest BCUT2D eigenvalue weighted by atomic mass is 10.2. The number of aliphatic hydroxyl groups excluding tert-OH is 1. The fraction of sp³-hybridized carbons (Fsp3) is 0.467. The first-order chi connectivity index (χ1) is 8.88. The molecule has 96 valence electrons. The Kier molecular flexibility index (Phi) is 5.22. The van der Waals surface area contributed by atoms with E-state index in [0.29, 0.717) is 0 Å². The van der Waals surface area contributed by atoms with Gasteiger partial charge in [-0.15, -0.1) is 0 Å². The van der Waals surface area contributed by atoms with Crippen molar-refractivity contribution >= 4 is 0 Å². The van der Waals surface area contributed by atoms with Gasteiger partial charge in [0.05, 0.1) is 13.2 Å². The van der Waals surface area contributed by atoms with Crippen molar-refractivity contribution in [1.29, 1.82) is 0 Å². The lowest BCUT2D eigenvalue weighted by Crippen LogP contribution is -2.47. The minimum Gasteiger partial charge on any atom is -0.395 e. The van der Waals surface area contributed by atoms with E-state index in [1.54, 1.807) is 0 Å². The molecule has 0 saturated carbocycles. The Hall–Kier alpha value is -1.34. The summed E-state index contributed by atoms with van der Waals surface area (Å²) in [5.74, 6) is 6.41. The molecule has 1 N–H and O–H groups in total. The third-order valence-electron chi connectivity index (χ3n) is 3.19. The van der Waals surface area contributed by atoms with E-state index in [4.69, 9.17) is 5.11 Å². The van der Waals surface area contributed by atoms with Crippen molar-refractivity contribution in [2.24, 2.45) is 0 Å². The van der Waals surface area contributed by atoms with Crippen LogP contribution >= 0.6 is 0 Å². The SMILES string of the molecule is OCCN1CCN(CC#Cc2ccccc2)CC1. The quantitative estimate of drug-likeness (QED) is 0.791. The summed E-state index contributed by atoms with van der Waals surface area (Å²) in [5.41, 5.74) is 1.08. The van der Waals surface area contributed by atoms with Gasteiger partial charge in [0.25, 0.3) is 0 Å². The summed E-state index contributed by atoms with van der Waals surface area (Å²) in [6.45, 7) is 6.05. The van der Waals surface area contributed by atoms with Crippen LogP contribution in [0.5, 0.6) is 0 Å². The predicted molar refractivity (Wildman–Crippen MR) is 73.3 cm³/mol. The predicted octanol–water partition coefficient (Wildman–Crippen LogP) is 0.648. The molecule has 1 heterocycles. The second-order valence-electron chi connectivity index (χ2n) is 4.51. The highest BCUT2D eigenvalue weighted by molar-refractivity contribution is 5.33. The first-order valence-electron chi connectivity index (χ1n) is 6.48. The van der Waals surface area contributed by atoms with Gasteiger partial charge in [-0.2, -0.15) is 0 Å². The second-order valence-corrected chi connectivity index (χ2v) is 4.51. The van der Waals surface area contributed by atoms with Gasteiger partial charge in [-0.05, 0) is 12.1 Å². The van der Waals surface area contributed by atoms with Crippen molar-refractivity contribution in [3.63, 3.8) is 0 Å². The number of nitrogens with zero attached hydrogens (tertiary/aromatic N) is 2. The van der Waals surface area contributed by atoms with Gasteiger partial charge in [-0.25, -0.2) is 0 Å². The Morgan fingerprint density at radius 1 is 1.00 bits per heavy atom. The molecule has 3 nitrogen and oxygen atoms in total. The molecule has 2 rings (SSSR count). The Labute approximate surface area is 109 Å². The normalized spacial score (nSPS) is 17.2. The van der Waals surface area contributed by atoms with Gasteiger partial charge < -0.3 is 5.11 Å². The third-order valence-corrected chi connectivity index (χ3v) is 3.19. The van der Waals surface area contributed by atoms with Crippen LogP contribution in [0.15, 0.2) is 30.3 Å². The summed E-state index contributed by atoms with van der Waals surface area (Å²) in [6.07, 6.45) is 0. The average molecular weight is 244 g/mol. The van der Waals surface area contributed by atoms with Gasteiger partial charge in [-0.3, -0.25) is 9.80 Å². The summed E-state index contributed by atoms with van der Waals surface area (Å²) in [7, 11) is 0. The van der Waals surface area contributed by atoms with Crippen LogP contribution in [-0.2, 0) is 0 Å². The van der Waals surface area contributed by atoms with Crippen molar-refractivity contribution in [1.82, 2.24) is 9.80 Å². The molecule has 1 saturated heterocycles. The number of hydrogen-bond acceptors (Lipinski definition) is 3. The van der Waals surface area contributed by atoms with E-state index in [2.05, 4.69) is 21.6 Å². The maximum Gasteiger partial charge on any atom is 0.0606 e. The van der Waals surface area contributed by atoms with Crippen LogP contribution in [0.3, 0.4) is 0 Å². The molecule has 1 fully saturated rings. The standard InChI is InChI=1S/C15H20N2O/c18-14-13-17-11-9-16(10-12-17)8-4-7-15-5-2-1-3-6-15/h1-3,5-6,18H,8-14H2. The second kappa shape index (κ2) is 7.17. The molecule has 3 heteroatoms. The van der Waals surface area contributed by atoms with Crippen LogP contribution in [0.4, 0.5) is 0 Å². The van der Waals surface area contributed by atoms with Crippen molar-refractivity contribution in [3.05, 3.63) is 35.9 Å². The largest absolute Gasteiger partial charge is 0.395 e. The van der Waals surface area contributed by atoms with E-state index in [-0.39, 0.29) is 6.61 Å². The zero-order valence-electron chi connectivity index (χ0n) is 10.7. The summed E-state index contributed by atoms with van der Waals surface area (Å²) in [5, 5.41) is 8.87. The highest BCUT2D eigenvalue weighted by Crippen LogP contribution is 2.00. The van der Waals surface area contributed by atoms with Crippen LogP contribution in [0.25, 0.3) is 0 Å². The molecule has 1 aromatic rings. The van der Waals surface area contributed by atoms with E-state index >= 15 is 0 Å². The van der Waals surface area contributed by atoms with E-state index < -0.39 is 0 Å². The molecule has 0 aromatic heterocycles. The molecule has 0 spiro atoms. The number of rotatable bonds is 3. The Bertz CT molecular complexity index is 399. The summed E-state index contributed by atoms with van der Waals surface area (Å²) in [6, 6.07) is 10.1. The van der Waals surface area contributed by atoms with Crippen molar-refractivity contribution in [2.75, 3.05) is 45.9 Å². The lowest BCUT2D eigenvalue weighted by Gasteiger charge is -2.33. The van der Waals surface area contributed by atoms with Gasteiger partial charge >= 0.3 is 0 Å². The number of β-amino-alcohol motifs (C(OH)–C–C–N with tert-alkyl or cyclic N) is 1. The van der Waals surface area contributed by atoms with Crippen molar-refractivity contribution in [2.45, 2.75) is 0 Å². The average Bonchev–Trinajstić information content (AvgIpc) is 2.42. The first-order valence-corrected chi connectivity index (χ1v) is 6.48. The summed E-state index contributed by atoms with van der Waals surface area (Å²) >= 11 is 0. The fourth-order valence-corrected chi connectivity index (χ4v) is 2.09. The van der Waals surface area contributed by atoms with Gasteiger partial charge in [0, 0.05) is 38.3 Å². The van der Waals surface area contributed by atoms with Gasteiger partial charge in [0.2, 0.25) is 0 Å². The van der Waals surface area contributed by atoms with E-state index in [9.17, 15) is 0 Å². The monoisotopic (exact) mass is 244 g/mol. The zero-order valence-corrected chi connectivity index (χ0v) is 10.7. The number of hydrogen-bond donors (Lipinski definition) is 1. The molecular formula is C15H20N2O. The van der Waals surface area contributed by atoms with E-state index in [0.717, 1.165) is 44.8 Å². The van der Waals surface area contributed by atoms with Crippen LogP contribution in [0, 0.1) is 11.8 Å². The molecule has 0 amide bonds. The van der Waals surface area contributed by atoms with Crippen LogP contribution in [0.1, 0.15) is 5.56 Å². The number of aliphatic hydroxyl groups is 1. The number of piperazine rings is 1. The van der Waals surface area contributed by atoms with Crippen LogP contribution < -0.4 is 0 Å². The Morgan fingerprint density at radius 3 is 2.33 bits per heavy atom. The van der Waals surface area contributed by atoms with Crippen molar-refractivity contribution in [3.8, 4) is 11.8 Å². The van der Waals surface area contributed by atoms with E-state index in [1.165, 1.54) is 0 Å². The maximum atomic E-state index is 8.87. The Balaban J connectivity index is 1.74. The lowest BCUT2D eigenvalue weighted by molar-refractivity contribution is 0.121. The van der Waals surface area contributed by atoms with Crippen LogP contribution in [0.2, 0.25) is 0 Å². The molecule has 1 aromatic carbocycles. The molecule has 0 atom stereocenters. The molecule has 1 aliphatic rings. The van der Waals surface area contributed by atoms with Gasteiger partial charge in [-0.1, -0.05) is 30.0 Å². The summed E-state index contributed by atoms with van der Waals surface area (Å²) in [4.78, 5) is 4.66. The molecule has 1 aliphatic heterocycles. The van der Waals surface area contributed by atoms with Gasteiger partial charge in [0.15, 0.2) is 0 Å². The molecule has 0 bridgehead atoms. The molecule has 0 aliphatic carbocycles. The smallest absolute Gasteiger partial charge is 0.0606 e. The van der Waals surface area contributed by atoms with Gasteiger partial charge in [0.1, 0.15) is 0 Å². The maximum absolute atomic E-state index is 8.87. The van der Waals surface area contributed by atoms with E-state index in [1.807, 2.05) is 30.3 Å². The molecule has 18 heavy (non-hydrogen) atoms. The third kappa shape index (κ3) is 4.15. The van der Waals surface area contributed by atoms with Crippen LogP contribution in [-0.4, -0.2) is 60.8 Å². The molecule has 0 unspecified atom stereocenters. The van der Waals surface area contributed by atoms with Crippen molar-refractivity contribution < 1.29 is 5.11 Å².